The number of halogens is 1. The highest BCUT2D eigenvalue weighted by atomic mass is 35.5. The van der Waals surface area contributed by atoms with Gasteiger partial charge in [0.15, 0.2) is 0 Å². The minimum absolute atomic E-state index is 0.231. The average molecular weight is 303 g/mol. The summed E-state index contributed by atoms with van der Waals surface area (Å²) in [6, 6.07) is 3.12. The Labute approximate surface area is 112 Å². The van der Waals surface area contributed by atoms with Crippen LogP contribution in [0.4, 0.5) is 11.4 Å². The van der Waals surface area contributed by atoms with E-state index in [0.717, 1.165) is 18.2 Å². The maximum Gasteiger partial charge on any atom is 0.271 e. The summed E-state index contributed by atoms with van der Waals surface area (Å²) in [4.78, 5) is 9.63. The third-order valence-corrected chi connectivity index (χ3v) is 4.03. The summed E-state index contributed by atoms with van der Waals surface area (Å²) in [6.45, 7) is 0. The Kier molecular flexibility index (Phi) is 3.40. The second kappa shape index (κ2) is 4.86. The van der Waals surface area contributed by atoms with Crippen LogP contribution in [0.15, 0.2) is 35.5 Å². The second-order valence-electron chi connectivity index (χ2n) is 3.46. The van der Waals surface area contributed by atoms with Gasteiger partial charge in [0.2, 0.25) is 0 Å². The third kappa shape index (κ3) is 2.83. The molecule has 0 fully saturated rings. The first kappa shape index (κ1) is 13.3. The number of aromatic nitrogens is 2. The molecule has 0 unspecified atom stereocenters. The fourth-order valence-corrected chi connectivity index (χ4v) is 2.91. The fraction of sp³-hybridized carbons (Fsp3) is 0. The zero-order chi connectivity index (χ0) is 14.0. The molecule has 0 aliphatic carbocycles. The van der Waals surface area contributed by atoms with Gasteiger partial charge in [0.05, 0.1) is 21.8 Å². The zero-order valence-corrected chi connectivity index (χ0v) is 10.8. The highest BCUT2D eigenvalue weighted by Gasteiger charge is 2.20. The van der Waals surface area contributed by atoms with E-state index >= 15 is 0 Å². The van der Waals surface area contributed by atoms with Crippen LogP contribution in [0.25, 0.3) is 0 Å². The molecule has 0 aliphatic rings. The summed E-state index contributed by atoms with van der Waals surface area (Å²) in [7, 11) is -3.92. The summed E-state index contributed by atoms with van der Waals surface area (Å²) >= 11 is 5.75. The number of aromatic amines is 1. The third-order valence-electron chi connectivity index (χ3n) is 2.17. The maximum atomic E-state index is 12.0. The summed E-state index contributed by atoms with van der Waals surface area (Å²) < 4.78 is 26.2. The molecule has 0 aliphatic heterocycles. The summed E-state index contributed by atoms with van der Waals surface area (Å²) in [6.07, 6.45) is 2.62. The van der Waals surface area contributed by atoms with Crippen molar-refractivity contribution in [3.05, 3.63) is 45.7 Å². The molecule has 1 aromatic carbocycles. The van der Waals surface area contributed by atoms with Gasteiger partial charge in [-0.2, -0.15) is 5.10 Å². The van der Waals surface area contributed by atoms with Crippen molar-refractivity contribution in [1.82, 2.24) is 10.2 Å². The first-order chi connectivity index (χ1) is 8.90. The molecule has 0 bridgehead atoms. The number of hydrogen-bond donors (Lipinski definition) is 2. The monoisotopic (exact) mass is 302 g/mol. The highest BCUT2D eigenvalue weighted by molar-refractivity contribution is 7.92. The normalized spacial score (nSPS) is 11.2. The lowest BCUT2D eigenvalue weighted by molar-refractivity contribution is -0.384. The van der Waals surface area contributed by atoms with Crippen molar-refractivity contribution in [2.75, 3.05) is 4.72 Å². The highest BCUT2D eigenvalue weighted by Crippen LogP contribution is 2.27. The lowest BCUT2D eigenvalue weighted by atomic mass is 10.3. The molecule has 100 valence electrons. The predicted molar refractivity (Wildman–Crippen MR) is 67.5 cm³/mol. The summed E-state index contributed by atoms with van der Waals surface area (Å²) in [5, 5.41) is 16.3. The van der Waals surface area contributed by atoms with E-state index in [1.54, 1.807) is 0 Å². The van der Waals surface area contributed by atoms with Crippen LogP contribution in [0, 0.1) is 10.1 Å². The van der Waals surface area contributed by atoms with Crippen molar-refractivity contribution in [3.8, 4) is 0 Å². The second-order valence-corrected chi connectivity index (χ2v) is 5.52. The van der Waals surface area contributed by atoms with E-state index in [0.29, 0.717) is 0 Å². The average Bonchev–Trinajstić information content (AvgIpc) is 2.80. The molecule has 0 spiro atoms. The number of nitro benzene ring substituents is 1. The maximum absolute atomic E-state index is 12.0. The van der Waals surface area contributed by atoms with Crippen molar-refractivity contribution in [2.45, 2.75) is 4.90 Å². The SMILES string of the molecule is O=[N+]([O-])c1ccc(S(=O)(=O)Nc2cn[nH]c2)c(Cl)c1. The number of H-pyrrole nitrogens is 1. The van der Waals surface area contributed by atoms with Crippen molar-refractivity contribution >= 4 is 33.0 Å². The molecule has 1 heterocycles. The number of hydrogen-bond acceptors (Lipinski definition) is 5. The Balaban J connectivity index is 2.38. The quantitative estimate of drug-likeness (QED) is 0.659. The topological polar surface area (TPSA) is 118 Å². The minimum Gasteiger partial charge on any atom is -0.284 e. The summed E-state index contributed by atoms with van der Waals surface area (Å²) in [5.41, 5.74) is -0.0540. The standard InChI is InChI=1S/C9H7ClN4O4S/c10-8-3-7(14(15)16)1-2-9(8)19(17,18)13-6-4-11-12-5-6/h1-5,13H,(H,11,12). The molecular weight excluding hydrogens is 296 g/mol. The largest absolute Gasteiger partial charge is 0.284 e. The van der Waals surface area contributed by atoms with Gasteiger partial charge in [-0.05, 0) is 6.07 Å². The number of rotatable bonds is 4. The first-order valence-electron chi connectivity index (χ1n) is 4.86. The number of sulfonamides is 1. The molecule has 19 heavy (non-hydrogen) atoms. The van der Waals surface area contributed by atoms with Crippen LogP contribution in [0.3, 0.4) is 0 Å². The van der Waals surface area contributed by atoms with Crippen molar-refractivity contribution in [3.63, 3.8) is 0 Å². The summed E-state index contributed by atoms with van der Waals surface area (Å²) in [5.74, 6) is 0. The van der Waals surface area contributed by atoms with E-state index < -0.39 is 14.9 Å². The lowest BCUT2D eigenvalue weighted by Gasteiger charge is -2.07. The van der Waals surface area contributed by atoms with Gasteiger partial charge in [0.25, 0.3) is 15.7 Å². The molecule has 0 atom stereocenters. The molecule has 0 saturated carbocycles. The Hall–Kier alpha value is -2.13. The van der Waals surface area contributed by atoms with Gasteiger partial charge in [-0.15, -0.1) is 0 Å². The molecule has 8 nitrogen and oxygen atoms in total. The van der Waals surface area contributed by atoms with Crippen molar-refractivity contribution < 1.29 is 13.3 Å². The van der Waals surface area contributed by atoms with E-state index in [4.69, 9.17) is 11.6 Å². The van der Waals surface area contributed by atoms with Crippen LogP contribution < -0.4 is 4.72 Å². The molecular formula is C9H7ClN4O4S. The number of nitrogens with zero attached hydrogens (tertiary/aromatic N) is 2. The fourth-order valence-electron chi connectivity index (χ4n) is 1.34. The smallest absolute Gasteiger partial charge is 0.271 e. The number of anilines is 1. The van der Waals surface area contributed by atoms with E-state index in [9.17, 15) is 18.5 Å². The van der Waals surface area contributed by atoms with Gasteiger partial charge in [-0.1, -0.05) is 11.6 Å². The molecule has 2 N–H and O–H groups in total. The van der Waals surface area contributed by atoms with Crippen LogP contribution in [0.5, 0.6) is 0 Å². The molecule has 0 radical (unpaired) electrons. The first-order valence-corrected chi connectivity index (χ1v) is 6.72. The molecule has 2 aromatic rings. The van der Waals surface area contributed by atoms with Gasteiger partial charge in [0.1, 0.15) is 4.90 Å². The van der Waals surface area contributed by atoms with Crippen molar-refractivity contribution in [1.29, 1.82) is 0 Å². The van der Waals surface area contributed by atoms with Gasteiger partial charge < -0.3 is 0 Å². The van der Waals surface area contributed by atoms with Gasteiger partial charge in [0, 0.05) is 18.3 Å². The Morgan fingerprint density at radius 3 is 2.68 bits per heavy atom. The molecule has 10 heteroatoms. The minimum atomic E-state index is -3.92. The Morgan fingerprint density at radius 2 is 2.16 bits per heavy atom. The predicted octanol–water partition coefficient (Wildman–Crippen LogP) is 1.77. The van der Waals surface area contributed by atoms with Crippen LogP contribution in [-0.2, 0) is 10.0 Å². The number of nitro groups is 1. The van der Waals surface area contributed by atoms with Gasteiger partial charge in [-0.3, -0.25) is 19.9 Å². The number of nitrogens with one attached hydrogen (secondary N) is 2. The number of benzene rings is 1. The molecule has 0 saturated heterocycles. The van der Waals surface area contributed by atoms with E-state index in [2.05, 4.69) is 14.9 Å². The van der Waals surface area contributed by atoms with Crippen LogP contribution >= 0.6 is 11.6 Å². The zero-order valence-electron chi connectivity index (χ0n) is 9.20. The van der Waals surface area contributed by atoms with Gasteiger partial charge in [-0.25, -0.2) is 8.42 Å². The van der Waals surface area contributed by atoms with Crippen LogP contribution in [0.1, 0.15) is 0 Å². The number of non-ortho nitro benzene ring substituents is 1. The lowest BCUT2D eigenvalue weighted by Crippen LogP contribution is -2.13. The van der Waals surface area contributed by atoms with E-state index in [1.807, 2.05) is 0 Å². The Morgan fingerprint density at radius 1 is 1.42 bits per heavy atom. The molecule has 0 amide bonds. The van der Waals surface area contributed by atoms with Crippen LogP contribution in [0.2, 0.25) is 5.02 Å². The van der Waals surface area contributed by atoms with Gasteiger partial charge >= 0.3 is 0 Å². The Bertz CT molecular complexity index is 714. The van der Waals surface area contributed by atoms with E-state index in [-0.39, 0.29) is 21.3 Å². The molecule has 1 aromatic heterocycles. The molecule has 2 rings (SSSR count). The van der Waals surface area contributed by atoms with Crippen LogP contribution in [-0.4, -0.2) is 23.5 Å². The van der Waals surface area contributed by atoms with Crippen molar-refractivity contribution in [2.24, 2.45) is 0 Å². The van der Waals surface area contributed by atoms with E-state index in [1.165, 1.54) is 12.4 Å².